The van der Waals surface area contributed by atoms with Crippen molar-refractivity contribution in [2.75, 3.05) is 26.8 Å². The lowest BCUT2D eigenvalue weighted by molar-refractivity contribution is -0.152. The summed E-state index contributed by atoms with van der Waals surface area (Å²) in [5.74, 6) is -0.405. The second kappa shape index (κ2) is 14.9. The molecule has 2 heterocycles. The summed E-state index contributed by atoms with van der Waals surface area (Å²) >= 11 is 0. The van der Waals surface area contributed by atoms with Crippen molar-refractivity contribution in [2.24, 2.45) is 17.1 Å². The van der Waals surface area contributed by atoms with E-state index in [1.54, 1.807) is 40.9 Å². The van der Waals surface area contributed by atoms with Gasteiger partial charge < -0.3 is 34.9 Å². The number of amides is 2. The molecule has 0 bridgehead atoms. The number of carbonyl (C=O) groups is 4. The van der Waals surface area contributed by atoms with Crippen LogP contribution >= 0.6 is 0 Å². The molecule has 1 aliphatic carbocycles. The molecule has 2 fully saturated rings. The van der Waals surface area contributed by atoms with Crippen LogP contribution in [-0.2, 0) is 23.9 Å². The Labute approximate surface area is 292 Å². The first-order chi connectivity index (χ1) is 23.8. The van der Waals surface area contributed by atoms with Gasteiger partial charge in [0.25, 0.3) is 0 Å². The first-order valence-electron chi connectivity index (χ1n) is 16.9. The zero-order chi connectivity index (χ0) is 36.2. The Hall–Kier alpha value is -4.97. The van der Waals surface area contributed by atoms with E-state index in [-0.39, 0.29) is 44.2 Å². The Kier molecular flexibility index (Phi) is 10.8. The second-order valence-electron chi connectivity index (χ2n) is 13.7. The van der Waals surface area contributed by atoms with Crippen molar-refractivity contribution in [2.45, 2.75) is 70.7 Å². The summed E-state index contributed by atoms with van der Waals surface area (Å²) in [6.07, 6.45) is 0.673. The highest BCUT2D eigenvalue weighted by Crippen LogP contribution is 2.57. The molecule has 0 radical (unpaired) electrons. The molecule has 5 atom stereocenters. The fourth-order valence-electron chi connectivity index (χ4n) is 6.50. The summed E-state index contributed by atoms with van der Waals surface area (Å²) in [4.78, 5) is 60.2. The number of ether oxygens (including phenoxy) is 4. The number of likely N-dealkylation sites (tertiary alicyclic amines) is 1. The summed E-state index contributed by atoms with van der Waals surface area (Å²) < 4.78 is 22.8. The molecule has 1 aliphatic heterocycles. The molecule has 3 N–H and O–H groups in total. The number of alkyl carbamates (subject to hydrolysis) is 1. The van der Waals surface area contributed by atoms with Crippen molar-refractivity contribution in [3.05, 3.63) is 67.3 Å². The van der Waals surface area contributed by atoms with Crippen LogP contribution in [0.2, 0.25) is 0 Å². The Morgan fingerprint density at radius 2 is 1.88 bits per heavy atom. The molecule has 5 rings (SSSR count). The molecule has 3 aromatic rings. The Morgan fingerprint density at radius 1 is 1.14 bits per heavy atom. The first-order valence-corrected chi connectivity index (χ1v) is 16.9. The van der Waals surface area contributed by atoms with Crippen LogP contribution in [0.3, 0.4) is 0 Å². The summed E-state index contributed by atoms with van der Waals surface area (Å²) in [6.45, 7) is 10.6. The summed E-state index contributed by atoms with van der Waals surface area (Å²) in [5.41, 5.74) is 6.34. The number of benzene rings is 2. The van der Waals surface area contributed by atoms with E-state index < -0.39 is 47.2 Å². The number of aromatic nitrogens is 1. The summed E-state index contributed by atoms with van der Waals surface area (Å²) in [6, 6.07) is 14.8. The van der Waals surface area contributed by atoms with Gasteiger partial charge in [-0.05, 0) is 52.2 Å². The zero-order valence-electron chi connectivity index (χ0n) is 29.3. The van der Waals surface area contributed by atoms with Crippen LogP contribution in [0.1, 0.15) is 47.0 Å². The van der Waals surface area contributed by atoms with Crippen molar-refractivity contribution in [3.8, 4) is 22.8 Å². The largest absolute Gasteiger partial charge is 0.497 e. The van der Waals surface area contributed by atoms with Crippen LogP contribution in [-0.4, -0.2) is 84.2 Å². The predicted molar refractivity (Wildman–Crippen MR) is 187 cm³/mol. The topological polar surface area (TPSA) is 159 Å². The number of fused-ring (bicyclic) bond motifs is 1. The molecule has 50 heavy (non-hydrogen) atoms. The lowest BCUT2D eigenvalue weighted by atomic mass is 9.92. The number of methoxy groups -OCH3 is 1. The Bertz CT molecular complexity index is 1760. The van der Waals surface area contributed by atoms with Crippen LogP contribution in [0.4, 0.5) is 4.79 Å². The molecule has 2 aromatic carbocycles. The molecular weight excluding hydrogens is 640 g/mol. The number of rotatable bonds is 13. The highest BCUT2D eigenvalue weighted by Gasteiger charge is 2.61. The van der Waals surface area contributed by atoms with Gasteiger partial charge in [-0.1, -0.05) is 36.4 Å². The van der Waals surface area contributed by atoms with Gasteiger partial charge in [0.05, 0.1) is 42.9 Å². The van der Waals surface area contributed by atoms with Crippen LogP contribution in [0.25, 0.3) is 22.2 Å². The first kappa shape index (κ1) is 36.3. The fourth-order valence-corrected chi connectivity index (χ4v) is 6.50. The fraction of sp³-hybridized carbons (Fsp3) is 0.447. The van der Waals surface area contributed by atoms with Crippen molar-refractivity contribution in [1.82, 2.24) is 15.2 Å². The number of hydrogen-bond acceptors (Lipinski definition) is 10. The molecule has 1 aromatic heterocycles. The minimum atomic E-state index is -1.17. The average Bonchev–Trinajstić information content (AvgIpc) is 3.65. The van der Waals surface area contributed by atoms with Gasteiger partial charge in [-0.2, -0.15) is 0 Å². The van der Waals surface area contributed by atoms with E-state index in [1.807, 2.05) is 54.6 Å². The minimum Gasteiger partial charge on any atom is -0.497 e. The molecule has 2 amide bonds. The van der Waals surface area contributed by atoms with Gasteiger partial charge in [0.1, 0.15) is 29.2 Å². The third kappa shape index (κ3) is 7.91. The smallest absolute Gasteiger partial charge is 0.408 e. The summed E-state index contributed by atoms with van der Waals surface area (Å²) in [5, 5.41) is 3.28. The highest BCUT2D eigenvalue weighted by molar-refractivity contribution is 5.96. The number of ketones is 1. The van der Waals surface area contributed by atoms with Gasteiger partial charge in [0, 0.05) is 42.5 Å². The lowest BCUT2D eigenvalue weighted by Crippen LogP contribution is -2.55. The summed E-state index contributed by atoms with van der Waals surface area (Å²) in [7, 11) is 1.58. The number of esters is 1. The van der Waals surface area contributed by atoms with E-state index in [4.69, 9.17) is 29.7 Å². The molecular formula is C38H46N4O8. The number of pyridine rings is 1. The molecule has 266 valence electrons. The number of nitrogens with zero attached hydrogens (tertiary/aromatic N) is 2. The van der Waals surface area contributed by atoms with Gasteiger partial charge in [0.2, 0.25) is 5.91 Å². The number of nitrogens with one attached hydrogen (secondary N) is 1. The lowest BCUT2D eigenvalue weighted by Gasteiger charge is -2.29. The molecule has 12 heteroatoms. The van der Waals surface area contributed by atoms with Crippen molar-refractivity contribution < 1.29 is 38.1 Å². The van der Waals surface area contributed by atoms with E-state index in [0.29, 0.717) is 29.1 Å². The van der Waals surface area contributed by atoms with Gasteiger partial charge in [-0.3, -0.25) is 14.4 Å². The third-order valence-corrected chi connectivity index (χ3v) is 9.07. The van der Waals surface area contributed by atoms with Crippen molar-refractivity contribution in [3.63, 3.8) is 0 Å². The van der Waals surface area contributed by atoms with Gasteiger partial charge in [-0.25, -0.2) is 9.78 Å². The van der Waals surface area contributed by atoms with E-state index >= 15 is 0 Å². The second-order valence-corrected chi connectivity index (χ2v) is 13.7. The molecule has 5 unspecified atom stereocenters. The normalized spacial score (nSPS) is 22.0. The van der Waals surface area contributed by atoms with Crippen molar-refractivity contribution in [1.29, 1.82) is 0 Å². The van der Waals surface area contributed by atoms with Gasteiger partial charge in [0.15, 0.2) is 5.78 Å². The quantitative estimate of drug-likeness (QED) is 0.189. The molecule has 1 saturated carbocycles. The minimum absolute atomic E-state index is 0.0275. The number of nitrogens with two attached hydrogens (primary N) is 1. The molecule has 12 nitrogen and oxygen atoms in total. The number of hydrogen-bond donors (Lipinski definition) is 2. The Morgan fingerprint density at radius 3 is 2.50 bits per heavy atom. The maximum Gasteiger partial charge on any atom is 0.408 e. The third-order valence-electron chi connectivity index (χ3n) is 9.07. The zero-order valence-corrected chi connectivity index (χ0v) is 29.3. The monoisotopic (exact) mass is 686 g/mol. The number of Topliss-reactive ketones (excluding diaryl/α,β-unsaturated/α-hetero) is 1. The van der Waals surface area contributed by atoms with Crippen LogP contribution in [0.5, 0.6) is 11.5 Å². The van der Waals surface area contributed by atoms with Crippen LogP contribution in [0.15, 0.2) is 67.3 Å². The van der Waals surface area contributed by atoms with Gasteiger partial charge in [-0.15, -0.1) is 6.58 Å². The van der Waals surface area contributed by atoms with Crippen LogP contribution in [0, 0.1) is 11.3 Å². The maximum atomic E-state index is 14.2. The van der Waals surface area contributed by atoms with E-state index in [0.717, 1.165) is 10.9 Å². The molecule has 2 aliphatic rings. The molecule has 1 saturated heterocycles. The number of carbonyl (C=O) groups excluding carboxylic acids is 4. The van der Waals surface area contributed by atoms with Crippen molar-refractivity contribution >= 4 is 34.7 Å². The van der Waals surface area contributed by atoms with Crippen LogP contribution < -0.4 is 20.5 Å². The van der Waals surface area contributed by atoms with E-state index in [1.165, 1.54) is 4.90 Å². The Balaban J connectivity index is 1.47. The van der Waals surface area contributed by atoms with E-state index in [2.05, 4.69) is 11.9 Å². The van der Waals surface area contributed by atoms with Gasteiger partial charge >= 0.3 is 12.1 Å². The SMILES string of the molecule is C=CC1CC1(CC(=O)C1CC(Oc2cc(-c3ccccc3)nc3cc(OC)ccc23)CN1C(=O)C(CN)NC(=O)OC(C)(C)C)C(=O)OCC. The molecule has 0 spiro atoms. The maximum absolute atomic E-state index is 14.2. The van der Waals surface area contributed by atoms with E-state index in [9.17, 15) is 19.2 Å². The predicted octanol–water partition coefficient (Wildman–Crippen LogP) is 4.83. The standard InChI is InChI=1S/C38H46N4O8/c1-7-24-19-38(24,35(45)48-8-2)20-32(43)31-17-26(22-42(31)34(44)30(21-39)41-36(46)50-37(3,4)5)49-33-18-28(23-12-10-9-11-13-23)40-29-16-25(47-6)14-15-27(29)33/h7,9-16,18,24,26,30-31H,1,8,17,19-22,39H2,2-6H3,(H,41,46). The highest BCUT2D eigenvalue weighted by atomic mass is 16.6. The average molecular weight is 687 g/mol. The number of allylic oxidation sites excluding steroid dienone is 1.